The van der Waals surface area contributed by atoms with E-state index in [-0.39, 0.29) is 19.0 Å². The number of carbonyl (C=O) groups is 1. The molecule has 0 saturated heterocycles. The minimum absolute atomic E-state index is 0.0958. The number of carbonyl (C=O) groups excluding carboxylic acids is 1. The van der Waals surface area contributed by atoms with Crippen molar-refractivity contribution in [3.05, 3.63) is 81.8 Å². The first-order valence-electron chi connectivity index (χ1n) is 9.17. The molecular formula is C23H21Cl2NO4. The quantitative estimate of drug-likeness (QED) is 0.428. The van der Waals surface area contributed by atoms with Gasteiger partial charge in [0.25, 0.3) is 0 Å². The number of anilines is 2. The molecule has 0 radical (unpaired) electrons. The molecule has 0 fully saturated rings. The normalized spacial score (nSPS) is 10.4. The van der Waals surface area contributed by atoms with E-state index in [0.29, 0.717) is 27.2 Å². The van der Waals surface area contributed by atoms with Gasteiger partial charge in [-0.15, -0.1) is 0 Å². The molecule has 3 aromatic carbocycles. The van der Waals surface area contributed by atoms with Crippen LogP contribution in [0.2, 0.25) is 10.0 Å². The number of benzene rings is 3. The van der Waals surface area contributed by atoms with Gasteiger partial charge >= 0.3 is 5.97 Å². The van der Waals surface area contributed by atoms with Gasteiger partial charge in [0.15, 0.2) is 11.5 Å². The van der Waals surface area contributed by atoms with Crippen LogP contribution in [0.15, 0.2) is 60.7 Å². The molecule has 0 amide bonds. The van der Waals surface area contributed by atoms with Gasteiger partial charge < -0.3 is 19.5 Å². The summed E-state index contributed by atoms with van der Waals surface area (Å²) in [6, 6.07) is 18.1. The van der Waals surface area contributed by atoms with Crippen molar-refractivity contribution in [3.8, 4) is 11.5 Å². The van der Waals surface area contributed by atoms with Crippen LogP contribution in [0.4, 0.5) is 11.4 Å². The summed E-state index contributed by atoms with van der Waals surface area (Å²) in [6.45, 7) is 0.130. The molecular weight excluding hydrogens is 425 g/mol. The Morgan fingerprint density at radius 3 is 2.30 bits per heavy atom. The molecule has 0 spiro atoms. The van der Waals surface area contributed by atoms with Gasteiger partial charge in [-0.1, -0.05) is 53.5 Å². The van der Waals surface area contributed by atoms with Crippen LogP contribution >= 0.6 is 23.2 Å². The molecule has 0 aromatic heterocycles. The lowest BCUT2D eigenvalue weighted by atomic mass is 10.1. The molecule has 0 saturated carbocycles. The monoisotopic (exact) mass is 445 g/mol. The summed E-state index contributed by atoms with van der Waals surface area (Å²) in [5.74, 6) is 0.840. The van der Waals surface area contributed by atoms with Gasteiger partial charge in [0, 0.05) is 5.69 Å². The van der Waals surface area contributed by atoms with Gasteiger partial charge in [-0.3, -0.25) is 4.79 Å². The molecule has 0 aliphatic rings. The number of halogens is 2. The lowest BCUT2D eigenvalue weighted by Crippen LogP contribution is -2.09. The first kappa shape index (κ1) is 21.8. The third-order valence-electron chi connectivity index (χ3n) is 4.42. The molecule has 5 nitrogen and oxygen atoms in total. The highest BCUT2D eigenvalue weighted by Crippen LogP contribution is 2.34. The topological polar surface area (TPSA) is 56.8 Å². The maximum Gasteiger partial charge on any atom is 0.310 e. The van der Waals surface area contributed by atoms with Crippen LogP contribution in [-0.2, 0) is 22.6 Å². The van der Waals surface area contributed by atoms with E-state index in [9.17, 15) is 4.79 Å². The Morgan fingerprint density at radius 1 is 0.900 bits per heavy atom. The van der Waals surface area contributed by atoms with Crippen LogP contribution < -0.4 is 14.8 Å². The van der Waals surface area contributed by atoms with Gasteiger partial charge in [-0.25, -0.2) is 0 Å². The summed E-state index contributed by atoms with van der Waals surface area (Å²) in [5.41, 5.74) is 2.89. The summed E-state index contributed by atoms with van der Waals surface area (Å²) in [6.07, 6.45) is 0.0958. The van der Waals surface area contributed by atoms with E-state index < -0.39 is 0 Å². The van der Waals surface area contributed by atoms with Gasteiger partial charge in [0.2, 0.25) is 0 Å². The second-order valence-electron chi connectivity index (χ2n) is 6.41. The third-order valence-corrected chi connectivity index (χ3v) is 5.05. The SMILES string of the molecule is COc1ccc(COC(=O)Cc2ccccc2Nc2c(Cl)cccc2Cl)cc1OC. The number of rotatable bonds is 8. The van der Waals surface area contributed by atoms with Crippen molar-refractivity contribution in [1.82, 2.24) is 0 Å². The van der Waals surface area contributed by atoms with Gasteiger partial charge in [0.1, 0.15) is 6.61 Å². The highest BCUT2D eigenvalue weighted by atomic mass is 35.5. The number of methoxy groups -OCH3 is 2. The van der Waals surface area contributed by atoms with Crippen LogP contribution in [0, 0.1) is 0 Å². The van der Waals surface area contributed by atoms with E-state index >= 15 is 0 Å². The Balaban J connectivity index is 1.68. The predicted octanol–water partition coefficient (Wildman–Crippen LogP) is 6.04. The molecule has 1 N–H and O–H groups in total. The fourth-order valence-corrected chi connectivity index (χ4v) is 3.38. The van der Waals surface area contributed by atoms with Crippen molar-refractivity contribution in [1.29, 1.82) is 0 Å². The summed E-state index contributed by atoms with van der Waals surface area (Å²) in [7, 11) is 3.13. The van der Waals surface area contributed by atoms with Crippen molar-refractivity contribution in [3.63, 3.8) is 0 Å². The zero-order valence-electron chi connectivity index (χ0n) is 16.6. The molecule has 156 valence electrons. The maximum atomic E-state index is 12.4. The summed E-state index contributed by atoms with van der Waals surface area (Å²) in [4.78, 5) is 12.4. The molecule has 3 rings (SSSR count). The van der Waals surface area contributed by atoms with E-state index in [1.165, 1.54) is 0 Å². The molecule has 0 aliphatic carbocycles. The lowest BCUT2D eigenvalue weighted by Gasteiger charge is -2.14. The Bertz CT molecular complexity index is 1020. The summed E-state index contributed by atoms with van der Waals surface area (Å²) >= 11 is 12.5. The number of hydrogen-bond donors (Lipinski definition) is 1. The van der Waals surface area contributed by atoms with E-state index in [1.54, 1.807) is 44.6 Å². The van der Waals surface area contributed by atoms with E-state index in [2.05, 4.69) is 5.32 Å². The largest absolute Gasteiger partial charge is 0.493 e. The predicted molar refractivity (Wildman–Crippen MR) is 119 cm³/mol. The smallest absolute Gasteiger partial charge is 0.310 e. The minimum atomic E-state index is -0.357. The fraction of sp³-hybridized carbons (Fsp3) is 0.174. The molecule has 3 aromatic rings. The number of nitrogens with one attached hydrogen (secondary N) is 1. The molecule has 30 heavy (non-hydrogen) atoms. The zero-order valence-corrected chi connectivity index (χ0v) is 18.1. The van der Waals surface area contributed by atoms with Crippen molar-refractivity contribution in [2.45, 2.75) is 13.0 Å². The number of ether oxygens (including phenoxy) is 3. The fourth-order valence-electron chi connectivity index (χ4n) is 2.89. The van der Waals surface area contributed by atoms with Crippen molar-refractivity contribution < 1.29 is 19.0 Å². The molecule has 0 aliphatic heterocycles. The Labute approximate surface area is 185 Å². The maximum absolute atomic E-state index is 12.4. The van der Waals surface area contributed by atoms with Gasteiger partial charge in [0.05, 0.1) is 36.4 Å². The average Bonchev–Trinajstić information content (AvgIpc) is 2.75. The zero-order chi connectivity index (χ0) is 21.5. The third kappa shape index (κ3) is 5.38. The van der Waals surface area contributed by atoms with E-state index in [0.717, 1.165) is 16.8 Å². The van der Waals surface area contributed by atoms with Crippen LogP contribution in [0.3, 0.4) is 0 Å². The first-order chi connectivity index (χ1) is 14.5. The van der Waals surface area contributed by atoms with Gasteiger partial charge in [-0.2, -0.15) is 0 Å². The molecule has 0 atom stereocenters. The lowest BCUT2D eigenvalue weighted by molar-refractivity contribution is -0.144. The standard InChI is InChI=1S/C23H21Cl2NO4/c1-28-20-11-10-15(12-21(20)29-2)14-30-22(27)13-16-6-3-4-9-19(16)26-23-17(24)7-5-8-18(23)25/h3-12,26H,13-14H2,1-2H3. The van der Waals surface area contributed by atoms with Crippen LogP contribution in [0.25, 0.3) is 0 Å². The summed E-state index contributed by atoms with van der Waals surface area (Å²) < 4.78 is 15.9. The summed E-state index contributed by atoms with van der Waals surface area (Å²) in [5, 5.41) is 4.20. The molecule has 0 bridgehead atoms. The second kappa shape index (κ2) is 10.2. The second-order valence-corrected chi connectivity index (χ2v) is 7.22. The van der Waals surface area contributed by atoms with Crippen LogP contribution in [0.5, 0.6) is 11.5 Å². The van der Waals surface area contributed by atoms with E-state index in [4.69, 9.17) is 37.4 Å². The molecule has 0 heterocycles. The molecule has 0 unspecified atom stereocenters. The van der Waals surface area contributed by atoms with Crippen LogP contribution in [-0.4, -0.2) is 20.2 Å². The van der Waals surface area contributed by atoms with Gasteiger partial charge in [-0.05, 0) is 41.5 Å². The average molecular weight is 446 g/mol. The van der Waals surface area contributed by atoms with Crippen LogP contribution in [0.1, 0.15) is 11.1 Å². The number of hydrogen-bond acceptors (Lipinski definition) is 5. The van der Waals surface area contributed by atoms with Crippen molar-refractivity contribution >= 4 is 40.5 Å². The van der Waals surface area contributed by atoms with E-state index in [1.807, 2.05) is 30.3 Å². The molecule has 7 heteroatoms. The minimum Gasteiger partial charge on any atom is -0.493 e. The highest BCUT2D eigenvalue weighted by molar-refractivity contribution is 6.39. The van der Waals surface area contributed by atoms with Crippen molar-refractivity contribution in [2.24, 2.45) is 0 Å². The first-order valence-corrected chi connectivity index (χ1v) is 9.93. The highest BCUT2D eigenvalue weighted by Gasteiger charge is 2.13. The Morgan fingerprint density at radius 2 is 1.60 bits per heavy atom. The number of para-hydroxylation sites is 2. The Hall–Kier alpha value is -2.89. The Kier molecular flexibility index (Phi) is 7.44. The number of esters is 1. The van der Waals surface area contributed by atoms with Crippen molar-refractivity contribution in [2.75, 3.05) is 19.5 Å².